The summed E-state index contributed by atoms with van der Waals surface area (Å²) >= 11 is 0. The van der Waals surface area contributed by atoms with E-state index in [-0.39, 0.29) is 66.0 Å². The number of carboxylic acids is 1. The molecule has 8 aromatic heterocycles. The summed E-state index contributed by atoms with van der Waals surface area (Å²) in [5, 5.41) is 64.5. The van der Waals surface area contributed by atoms with E-state index in [2.05, 4.69) is 254 Å². The van der Waals surface area contributed by atoms with E-state index < -0.39 is 5.97 Å². The number of benzene rings is 12. The van der Waals surface area contributed by atoms with Crippen LogP contribution in [0.25, 0.3) is 140 Å². The number of aryl methyl sites for hydroxylation is 2. The zero-order valence-electron chi connectivity index (χ0n) is 71.6. The molecule has 12 aromatic carbocycles. The van der Waals surface area contributed by atoms with Crippen LogP contribution in [0.2, 0.25) is 0 Å². The fourth-order valence-corrected chi connectivity index (χ4v) is 15.8. The van der Waals surface area contributed by atoms with Crippen molar-refractivity contribution >= 4 is 44.6 Å². The fraction of sp³-hybridized carbons (Fsp3) is 0.0833. The molecule has 0 amide bonds. The summed E-state index contributed by atoms with van der Waals surface area (Å²) < 4.78 is 2.07. The summed E-state index contributed by atoms with van der Waals surface area (Å²) in [4.78, 5) is 35.4. The molecule has 1 N–H and O–H groups in total. The Labute approximate surface area is 810 Å². The number of carboxylic acid groups (broad SMARTS) is 1. The maximum atomic E-state index is 10.7. The number of aromatic carboxylic acids is 1. The average molecular weight is 2270 g/mol. The molecule has 1 aliphatic heterocycles. The molecule has 3 aliphatic rings. The number of anilines is 3. The molecule has 0 bridgehead atoms. The Balaban J connectivity index is 0.000000122. The third-order valence-electron chi connectivity index (χ3n) is 22.2. The van der Waals surface area contributed by atoms with Crippen LogP contribution in [0.5, 0.6) is 0 Å². The van der Waals surface area contributed by atoms with E-state index in [1.165, 1.54) is 71.6 Å². The number of hydrogen-bond acceptors (Lipinski definition) is 20. The van der Waals surface area contributed by atoms with Crippen LogP contribution in [0.4, 0.5) is 17.1 Å². The summed E-state index contributed by atoms with van der Waals surface area (Å²) in [7, 11) is 2.06. The van der Waals surface area contributed by atoms with Gasteiger partial charge < -0.3 is 19.5 Å². The number of hydrogen-bond donors (Lipinski definition) is 1. The molecule has 0 saturated carbocycles. The van der Waals surface area contributed by atoms with Crippen molar-refractivity contribution in [2.75, 3.05) is 16.8 Å². The van der Waals surface area contributed by atoms with Crippen molar-refractivity contribution in [3.8, 4) is 119 Å². The van der Waals surface area contributed by atoms with Crippen molar-refractivity contribution in [2.45, 2.75) is 51.4 Å². The topological polar surface area (TPSA) is 268 Å². The zero-order valence-corrected chi connectivity index (χ0v) is 78.8. The van der Waals surface area contributed by atoms with Gasteiger partial charge in [0.2, 0.25) is 17.5 Å². The number of para-hydroxylation sites is 3. The molecule has 0 saturated heterocycles. The van der Waals surface area contributed by atoms with Crippen molar-refractivity contribution in [3.05, 3.63) is 424 Å². The van der Waals surface area contributed by atoms with Gasteiger partial charge in [-0.2, -0.15) is 55.5 Å². The van der Waals surface area contributed by atoms with Crippen LogP contribution in [0, 0.1) is 37.0 Å². The Bertz CT molecular complexity index is 6970. The number of fused-ring (bicyclic) bond motifs is 5. The second kappa shape index (κ2) is 45.4. The van der Waals surface area contributed by atoms with Gasteiger partial charge in [-0.25, -0.2) is 9.78 Å². The summed E-state index contributed by atoms with van der Waals surface area (Å²) in [6, 6.07) is 116. The van der Waals surface area contributed by atoms with Crippen LogP contribution in [0.1, 0.15) is 58.4 Å². The van der Waals surface area contributed by atoms with Crippen molar-refractivity contribution in [2.24, 2.45) is 0 Å². The van der Waals surface area contributed by atoms with Crippen LogP contribution in [-0.4, -0.2) is 109 Å². The van der Waals surface area contributed by atoms with Crippen LogP contribution < -0.4 is 9.80 Å². The maximum absolute atomic E-state index is 10.7. The van der Waals surface area contributed by atoms with Gasteiger partial charge in [-0.05, 0) is 150 Å². The van der Waals surface area contributed by atoms with E-state index in [0.717, 1.165) is 137 Å². The minimum Gasteiger partial charge on any atom is -0.504 e. The number of pyridine rings is 4. The standard InChI is InChI=1S/C22H21N4.C22H13N4.C20H14N3.C19H15N3.C14H9N4.C11H8N2O2.3Ir/c2*1-3-11-17-15(7-1)9-5-13-19(17)21-23-25-22(26-24-21)20-14-6-10-16-8-2-4-12-18(16)20;1-2-9-19(10-3-1)23-13-12-22-20(23)17-7-4-6-16(14-17)18-8-5-11-21-15-18;1-21-14-22(19-8-3-2-7-18(19)21)17-6-4-5-16(13-17)15-9-11-20-12-10-15;1-3-7-11(8-4-1)13-15-17-14(18-16-13)12-9-5-2-6-10-12;14-11(15)10-7-9(3-6-13-10)8-1-4-12-5-2-8;;;/h5-6,9-10,13H,1-4,7-8,11-12H2;1-13H;1-6,8-15H;2-5,7-14H,1H3;1-9H;1-7H,(H,14,15);;;/q3*-1;-2;-1;;;;+3. The number of aromatic nitrogens is 18. The predicted octanol–water partition coefficient (Wildman–Crippen LogP) is 21.8. The largest absolute Gasteiger partial charge is 3.00 e. The van der Waals surface area contributed by atoms with Gasteiger partial charge in [0.25, 0.3) is 0 Å². The number of rotatable bonds is 13. The van der Waals surface area contributed by atoms with Gasteiger partial charge in [-0.15, -0.1) is 167 Å². The Kier molecular flexibility index (Phi) is 31.6. The molecule has 20 aromatic rings. The third-order valence-corrected chi connectivity index (χ3v) is 22.2. The zero-order chi connectivity index (χ0) is 88.0. The SMILES string of the molecule is CN1[CH-]N(c2[c-]ccc(-c3ccncc3)c2)c2ccccc21.O=C(O)c1cc(-c2ccncc2)ccn1.[Ir+3].[Ir].[Ir].[c-]1ccc(-c2cccnc2)cc1-c1nccn1-c1ccccc1.[c-]1ccc2c(c1-c1nnc(-c3cccc4c3CCCC4)nn1)CCCC2.[c-]1ccc2ccccc2c1-c1nnc(-c2cccc3ccccc23)nn1.[c-]1ccccc1-c1nnc(-c2ccccc2)nn1. The van der Waals surface area contributed by atoms with E-state index in [0.29, 0.717) is 34.9 Å². The summed E-state index contributed by atoms with van der Waals surface area (Å²) in [5.41, 5.74) is 22.8. The molecule has 0 atom stereocenters. The molecule has 25 heteroatoms. The Hall–Kier alpha value is -15.2. The molecule has 2 radical (unpaired) electrons. The van der Waals surface area contributed by atoms with Gasteiger partial charge in [0.1, 0.15) is 23.2 Å². The van der Waals surface area contributed by atoms with Crippen LogP contribution in [-0.2, 0) is 86.0 Å². The molecule has 22 nitrogen and oxygen atoms in total. The quantitative estimate of drug-likeness (QED) is 0.105. The first-order chi connectivity index (χ1) is 64.2. The van der Waals surface area contributed by atoms with Gasteiger partial charge in [-0.3, -0.25) is 19.9 Å². The van der Waals surface area contributed by atoms with Gasteiger partial charge >= 0.3 is 26.1 Å². The Morgan fingerprint density at radius 1 is 0.361 bits per heavy atom. The van der Waals surface area contributed by atoms with E-state index in [9.17, 15) is 4.79 Å². The normalized spacial score (nSPS) is 11.8. The Morgan fingerprint density at radius 3 is 1.59 bits per heavy atom. The molecule has 133 heavy (non-hydrogen) atoms. The molecule has 0 fully saturated rings. The van der Waals surface area contributed by atoms with Crippen molar-refractivity contribution in [1.82, 2.24) is 90.7 Å². The summed E-state index contributed by atoms with van der Waals surface area (Å²) in [5.74, 6) is 3.09. The van der Waals surface area contributed by atoms with Crippen molar-refractivity contribution in [1.29, 1.82) is 0 Å². The maximum Gasteiger partial charge on any atom is 3.00 e. The molecular formula is C108H80Ir3N20O2-3. The molecule has 0 spiro atoms. The first kappa shape index (κ1) is 92.5. The average Bonchev–Trinajstić information content (AvgIpc) is 1.75. The van der Waals surface area contributed by atoms with Crippen molar-refractivity contribution in [3.63, 3.8) is 0 Å². The number of nitrogens with zero attached hydrogens (tertiary/aromatic N) is 20. The minimum atomic E-state index is -1.02. The fourth-order valence-electron chi connectivity index (χ4n) is 15.8. The predicted molar refractivity (Wildman–Crippen MR) is 506 cm³/mol. The third kappa shape index (κ3) is 22.5. The summed E-state index contributed by atoms with van der Waals surface area (Å²) in [6.07, 6.45) is 25.3. The monoisotopic (exact) mass is 2270 g/mol. The van der Waals surface area contributed by atoms with E-state index in [1.54, 1.807) is 24.7 Å². The van der Waals surface area contributed by atoms with E-state index in [1.807, 2.05) is 213 Å². The molecular weight excluding hydrogens is 2190 g/mol. The number of carbonyl (C=O) groups is 1. The number of imidazole rings is 1. The molecule has 0 unspecified atom stereocenters. The van der Waals surface area contributed by atoms with Crippen molar-refractivity contribution < 1.29 is 70.2 Å². The van der Waals surface area contributed by atoms with Crippen LogP contribution in [0.15, 0.2) is 359 Å². The summed E-state index contributed by atoms with van der Waals surface area (Å²) in [6.45, 7) is 2.09. The van der Waals surface area contributed by atoms with Crippen LogP contribution >= 0.6 is 0 Å². The van der Waals surface area contributed by atoms with Gasteiger partial charge in [0, 0.05) is 130 Å². The van der Waals surface area contributed by atoms with Gasteiger partial charge in [0.05, 0.1) is 5.82 Å². The van der Waals surface area contributed by atoms with Crippen LogP contribution in [0.3, 0.4) is 0 Å². The van der Waals surface area contributed by atoms with E-state index in [4.69, 9.17) is 5.11 Å². The van der Waals surface area contributed by atoms with Gasteiger partial charge in [-0.1, -0.05) is 193 Å². The van der Waals surface area contributed by atoms with Gasteiger partial charge in [0.15, 0.2) is 0 Å². The molecule has 2 aliphatic carbocycles. The second-order valence-corrected chi connectivity index (χ2v) is 30.4. The van der Waals surface area contributed by atoms with E-state index >= 15 is 0 Å². The Morgan fingerprint density at radius 2 is 0.887 bits per heavy atom. The first-order valence-corrected chi connectivity index (χ1v) is 42.5. The molecule has 23 rings (SSSR count). The first-order valence-electron chi connectivity index (χ1n) is 42.5. The second-order valence-electron chi connectivity index (χ2n) is 30.4. The minimum absolute atomic E-state index is 0. The molecule has 9 heterocycles. The smallest absolute Gasteiger partial charge is 0.504 e. The molecule has 654 valence electrons.